The quantitative estimate of drug-likeness (QED) is 0.710. The number of aromatic carboxylic acids is 1. The molecule has 1 heterocycles. The number of aryl methyl sites for hydroxylation is 1. The SMILES string of the molecule is COCCNC(=O)CCn1nnc2ccc(C(=O)O)cc21. The molecular formula is C13H16N4O4. The fourth-order valence-electron chi connectivity index (χ4n) is 1.85. The van der Waals surface area contributed by atoms with Gasteiger partial charge in [-0.15, -0.1) is 5.10 Å². The van der Waals surface area contributed by atoms with Gasteiger partial charge in [0, 0.05) is 20.1 Å². The molecule has 1 aromatic carbocycles. The minimum atomic E-state index is -1.01. The van der Waals surface area contributed by atoms with E-state index in [9.17, 15) is 9.59 Å². The highest BCUT2D eigenvalue weighted by Gasteiger charge is 2.10. The molecule has 0 fully saturated rings. The molecule has 2 aromatic rings. The van der Waals surface area contributed by atoms with Gasteiger partial charge < -0.3 is 15.2 Å². The third kappa shape index (κ3) is 3.76. The maximum Gasteiger partial charge on any atom is 0.335 e. The Morgan fingerprint density at radius 3 is 2.95 bits per heavy atom. The number of amides is 1. The topological polar surface area (TPSA) is 106 Å². The molecule has 0 bridgehead atoms. The highest BCUT2D eigenvalue weighted by Crippen LogP contribution is 2.14. The Hall–Kier alpha value is -2.48. The molecule has 2 N–H and O–H groups in total. The van der Waals surface area contributed by atoms with E-state index in [2.05, 4.69) is 15.6 Å². The van der Waals surface area contributed by atoms with Gasteiger partial charge in [-0.1, -0.05) is 5.21 Å². The second-order valence-corrected chi connectivity index (χ2v) is 4.41. The van der Waals surface area contributed by atoms with Crippen LogP contribution in [0.3, 0.4) is 0 Å². The lowest BCUT2D eigenvalue weighted by atomic mass is 10.2. The summed E-state index contributed by atoms with van der Waals surface area (Å²) in [5.41, 5.74) is 1.36. The Balaban J connectivity index is 2.03. The first-order chi connectivity index (χ1) is 10.1. The van der Waals surface area contributed by atoms with Crippen LogP contribution in [0.25, 0.3) is 11.0 Å². The van der Waals surface area contributed by atoms with E-state index >= 15 is 0 Å². The number of fused-ring (bicyclic) bond motifs is 1. The standard InChI is InChI=1S/C13H16N4O4/c1-21-7-5-14-12(18)4-6-17-11-8-9(13(19)20)2-3-10(11)15-16-17/h2-3,8H,4-7H2,1H3,(H,14,18)(H,19,20). The van der Waals surface area contributed by atoms with Gasteiger partial charge in [0.2, 0.25) is 5.91 Å². The largest absolute Gasteiger partial charge is 0.478 e. The number of carboxylic acids is 1. The summed E-state index contributed by atoms with van der Waals surface area (Å²) in [6.07, 6.45) is 0.236. The lowest BCUT2D eigenvalue weighted by molar-refractivity contribution is -0.121. The number of methoxy groups -OCH3 is 1. The van der Waals surface area contributed by atoms with Crippen molar-refractivity contribution in [1.29, 1.82) is 0 Å². The Bertz CT molecular complexity index is 653. The van der Waals surface area contributed by atoms with Crippen molar-refractivity contribution < 1.29 is 19.4 Å². The number of aromatic nitrogens is 3. The molecule has 8 heteroatoms. The Morgan fingerprint density at radius 1 is 1.43 bits per heavy atom. The van der Waals surface area contributed by atoms with Crippen LogP contribution in [0, 0.1) is 0 Å². The number of carbonyl (C=O) groups excluding carboxylic acids is 1. The van der Waals surface area contributed by atoms with E-state index in [-0.39, 0.29) is 17.9 Å². The van der Waals surface area contributed by atoms with Crippen molar-refractivity contribution in [3.05, 3.63) is 23.8 Å². The van der Waals surface area contributed by atoms with Crippen LogP contribution in [0.15, 0.2) is 18.2 Å². The van der Waals surface area contributed by atoms with Gasteiger partial charge in [0.1, 0.15) is 5.52 Å². The van der Waals surface area contributed by atoms with Crippen LogP contribution in [0.5, 0.6) is 0 Å². The first kappa shape index (κ1) is 14.9. The number of nitrogens with one attached hydrogen (secondary N) is 1. The van der Waals surface area contributed by atoms with Crippen molar-refractivity contribution >= 4 is 22.9 Å². The van der Waals surface area contributed by atoms with Crippen LogP contribution < -0.4 is 5.32 Å². The molecule has 8 nitrogen and oxygen atoms in total. The van der Waals surface area contributed by atoms with Gasteiger partial charge in [0.05, 0.1) is 24.2 Å². The van der Waals surface area contributed by atoms with E-state index in [0.717, 1.165) is 0 Å². The molecule has 0 radical (unpaired) electrons. The fourth-order valence-corrected chi connectivity index (χ4v) is 1.85. The lowest BCUT2D eigenvalue weighted by Gasteiger charge is -2.05. The van der Waals surface area contributed by atoms with Crippen molar-refractivity contribution in [3.63, 3.8) is 0 Å². The van der Waals surface area contributed by atoms with E-state index < -0.39 is 5.97 Å². The average molecular weight is 292 g/mol. The number of rotatable bonds is 7. The van der Waals surface area contributed by atoms with Crippen molar-refractivity contribution in [2.24, 2.45) is 0 Å². The zero-order chi connectivity index (χ0) is 15.2. The number of benzene rings is 1. The van der Waals surface area contributed by atoms with Gasteiger partial charge in [-0.3, -0.25) is 4.79 Å². The van der Waals surface area contributed by atoms with Crippen LogP contribution in [0.2, 0.25) is 0 Å². The molecule has 0 saturated carbocycles. The first-order valence-electron chi connectivity index (χ1n) is 6.44. The summed E-state index contributed by atoms with van der Waals surface area (Å²) in [6, 6.07) is 4.57. The molecule has 1 aromatic heterocycles. The summed E-state index contributed by atoms with van der Waals surface area (Å²) in [5.74, 6) is -1.13. The molecule has 112 valence electrons. The van der Waals surface area contributed by atoms with Gasteiger partial charge in [-0.2, -0.15) is 0 Å². The summed E-state index contributed by atoms with van der Waals surface area (Å²) >= 11 is 0. The summed E-state index contributed by atoms with van der Waals surface area (Å²) in [4.78, 5) is 22.6. The predicted molar refractivity (Wildman–Crippen MR) is 74.0 cm³/mol. The molecule has 0 atom stereocenters. The monoisotopic (exact) mass is 292 g/mol. The zero-order valence-electron chi connectivity index (χ0n) is 11.6. The van der Waals surface area contributed by atoms with Gasteiger partial charge >= 0.3 is 5.97 Å². The van der Waals surface area contributed by atoms with E-state index in [1.165, 1.54) is 16.8 Å². The maximum atomic E-state index is 11.6. The molecule has 0 aliphatic heterocycles. The number of carboxylic acid groups (broad SMARTS) is 1. The minimum absolute atomic E-state index is 0.120. The average Bonchev–Trinajstić information content (AvgIpc) is 2.87. The Morgan fingerprint density at radius 2 is 2.24 bits per heavy atom. The molecule has 1 amide bonds. The van der Waals surface area contributed by atoms with Crippen LogP contribution >= 0.6 is 0 Å². The van der Waals surface area contributed by atoms with E-state index in [1.807, 2.05) is 0 Å². The number of nitrogens with zero attached hydrogens (tertiary/aromatic N) is 3. The second kappa shape index (κ2) is 6.80. The van der Waals surface area contributed by atoms with Crippen LogP contribution in [-0.2, 0) is 16.1 Å². The molecule has 0 aliphatic rings. The number of ether oxygens (including phenoxy) is 1. The highest BCUT2D eigenvalue weighted by atomic mass is 16.5. The van der Waals surface area contributed by atoms with Crippen molar-refractivity contribution in [1.82, 2.24) is 20.3 Å². The third-order valence-corrected chi connectivity index (χ3v) is 2.94. The molecule has 0 spiro atoms. The van der Waals surface area contributed by atoms with Crippen LogP contribution in [0.1, 0.15) is 16.8 Å². The first-order valence-corrected chi connectivity index (χ1v) is 6.44. The number of hydrogen-bond acceptors (Lipinski definition) is 5. The summed E-state index contributed by atoms with van der Waals surface area (Å²) in [5, 5.41) is 19.6. The van der Waals surface area contributed by atoms with Crippen molar-refractivity contribution in [3.8, 4) is 0 Å². The molecule has 0 unspecified atom stereocenters. The van der Waals surface area contributed by atoms with Gasteiger partial charge in [0.15, 0.2) is 0 Å². The van der Waals surface area contributed by atoms with Crippen molar-refractivity contribution in [2.45, 2.75) is 13.0 Å². The maximum absolute atomic E-state index is 11.6. The normalized spacial score (nSPS) is 10.7. The molecule has 0 saturated heterocycles. The van der Waals surface area contributed by atoms with Crippen LogP contribution in [-0.4, -0.2) is 52.2 Å². The summed E-state index contributed by atoms with van der Waals surface area (Å²) < 4.78 is 6.36. The van der Waals surface area contributed by atoms with Crippen molar-refractivity contribution in [2.75, 3.05) is 20.3 Å². The third-order valence-electron chi connectivity index (χ3n) is 2.94. The Kier molecular flexibility index (Phi) is 4.83. The van der Waals surface area contributed by atoms with Gasteiger partial charge in [-0.25, -0.2) is 9.48 Å². The smallest absolute Gasteiger partial charge is 0.335 e. The molecular weight excluding hydrogens is 276 g/mol. The molecule has 2 rings (SSSR count). The fraction of sp³-hybridized carbons (Fsp3) is 0.385. The predicted octanol–water partition coefficient (Wildman–Crippen LogP) is 0.282. The van der Waals surface area contributed by atoms with Crippen LogP contribution in [0.4, 0.5) is 0 Å². The second-order valence-electron chi connectivity index (χ2n) is 4.41. The van der Waals surface area contributed by atoms with E-state index in [0.29, 0.717) is 30.7 Å². The summed E-state index contributed by atoms with van der Waals surface area (Å²) in [7, 11) is 1.56. The minimum Gasteiger partial charge on any atom is -0.478 e. The van der Waals surface area contributed by atoms with E-state index in [1.54, 1.807) is 13.2 Å². The summed E-state index contributed by atoms with van der Waals surface area (Å²) in [6.45, 7) is 1.24. The molecule has 21 heavy (non-hydrogen) atoms. The van der Waals surface area contributed by atoms with E-state index in [4.69, 9.17) is 9.84 Å². The van der Waals surface area contributed by atoms with Gasteiger partial charge in [0.25, 0.3) is 0 Å². The number of carbonyl (C=O) groups is 2. The lowest BCUT2D eigenvalue weighted by Crippen LogP contribution is -2.27. The van der Waals surface area contributed by atoms with Gasteiger partial charge in [-0.05, 0) is 18.2 Å². The highest BCUT2D eigenvalue weighted by molar-refractivity contribution is 5.92. The zero-order valence-corrected chi connectivity index (χ0v) is 11.6. The molecule has 0 aliphatic carbocycles. The number of hydrogen-bond donors (Lipinski definition) is 2. The Labute approximate surface area is 120 Å².